The Balaban J connectivity index is 1.20. The van der Waals surface area contributed by atoms with E-state index in [9.17, 15) is 14.7 Å². The van der Waals surface area contributed by atoms with E-state index in [-0.39, 0.29) is 12.5 Å². The number of carbonyl (C=O) groups excluding carboxylic acids is 1. The molecular formula is C25H27NO4. The number of hydrogen-bond donors (Lipinski definition) is 2. The molecule has 0 bridgehead atoms. The number of hydrogen-bond acceptors (Lipinski definition) is 3. The van der Waals surface area contributed by atoms with Crippen LogP contribution in [0.4, 0.5) is 4.79 Å². The van der Waals surface area contributed by atoms with E-state index >= 15 is 0 Å². The number of aliphatic carboxylic acids is 1. The smallest absolute Gasteiger partial charge is 0.407 e. The number of amides is 1. The van der Waals surface area contributed by atoms with Crippen molar-refractivity contribution in [2.75, 3.05) is 6.61 Å². The van der Waals surface area contributed by atoms with Crippen molar-refractivity contribution < 1.29 is 19.4 Å². The number of nitrogens with one attached hydrogen (secondary N) is 1. The maximum absolute atomic E-state index is 12.4. The van der Waals surface area contributed by atoms with Gasteiger partial charge < -0.3 is 15.2 Å². The number of carboxylic acids is 1. The molecule has 1 spiro atoms. The molecule has 3 aliphatic rings. The molecule has 0 aliphatic heterocycles. The van der Waals surface area contributed by atoms with Crippen LogP contribution in [0, 0.1) is 11.3 Å². The summed E-state index contributed by atoms with van der Waals surface area (Å²) in [5.41, 5.74) is 5.11. The Bertz CT molecular complexity index is 927. The molecule has 156 valence electrons. The van der Waals surface area contributed by atoms with Crippen LogP contribution in [0.3, 0.4) is 0 Å². The third-order valence-electron chi connectivity index (χ3n) is 7.36. The molecule has 2 saturated carbocycles. The van der Waals surface area contributed by atoms with Gasteiger partial charge in [-0.2, -0.15) is 0 Å². The van der Waals surface area contributed by atoms with Crippen LogP contribution < -0.4 is 5.32 Å². The van der Waals surface area contributed by atoms with Gasteiger partial charge in [0.05, 0.1) is 0 Å². The third-order valence-corrected chi connectivity index (χ3v) is 7.36. The lowest BCUT2D eigenvalue weighted by Gasteiger charge is -2.54. The Morgan fingerprint density at radius 3 is 2.17 bits per heavy atom. The lowest BCUT2D eigenvalue weighted by Crippen LogP contribution is -2.48. The highest BCUT2D eigenvalue weighted by Gasteiger charge is 2.48. The Morgan fingerprint density at radius 1 is 1.03 bits per heavy atom. The van der Waals surface area contributed by atoms with Gasteiger partial charge in [-0.1, -0.05) is 55.0 Å². The summed E-state index contributed by atoms with van der Waals surface area (Å²) in [5, 5.41) is 12.2. The van der Waals surface area contributed by atoms with E-state index in [4.69, 9.17) is 4.74 Å². The summed E-state index contributed by atoms with van der Waals surface area (Å²) in [6.07, 6.45) is 5.89. The van der Waals surface area contributed by atoms with Gasteiger partial charge in [0.25, 0.3) is 0 Å². The van der Waals surface area contributed by atoms with Gasteiger partial charge in [0, 0.05) is 5.92 Å². The van der Waals surface area contributed by atoms with Crippen LogP contribution in [-0.4, -0.2) is 29.8 Å². The van der Waals surface area contributed by atoms with Crippen molar-refractivity contribution >= 4 is 12.1 Å². The third kappa shape index (κ3) is 3.36. The van der Waals surface area contributed by atoms with E-state index in [0.717, 1.165) is 24.0 Å². The Labute approximate surface area is 176 Å². The number of carboxylic acid groups (broad SMARTS) is 1. The van der Waals surface area contributed by atoms with E-state index in [1.165, 1.54) is 30.4 Å². The first-order chi connectivity index (χ1) is 14.5. The van der Waals surface area contributed by atoms with E-state index in [1.54, 1.807) is 0 Å². The number of ether oxygens (including phenoxy) is 1. The molecule has 5 heteroatoms. The van der Waals surface area contributed by atoms with E-state index < -0.39 is 18.1 Å². The molecule has 2 aromatic rings. The van der Waals surface area contributed by atoms with Gasteiger partial charge in [-0.05, 0) is 65.7 Å². The fraction of sp³-hybridized carbons (Fsp3) is 0.440. The summed E-state index contributed by atoms with van der Waals surface area (Å²) in [4.78, 5) is 24.1. The molecule has 5 nitrogen and oxygen atoms in total. The molecule has 1 atom stereocenters. The highest BCUT2D eigenvalue weighted by atomic mass is 16.5. The molecular weight excluding hydrogens is 378 g/mol. The average molecular weight is 405 g/mol. The van der Waals surface area contributed by atoms with Crippen LogP contribution in [0.2, 0.25) is 0 Å². The predicted octanol–water partition coefficient (Wildman–Crippen LogP) is 4.95. The molecule has 1 unspecified atom stereocenters. The van der Waals surface area contributed by atoms with Crippen molar-refractivity contribution in [3.8, 4) is 11.1 Å². The number of alkyl carbamates (subject to hydrolysis) is 1. The Morgan fingerprint density at radius 2 is 1.63 bits per heavy atom. The van der Waals surface area contributed by atoms with Crippen molar-refractivity contribution in [3.05, 3.63) is 59.7 Å². The first-order valence-electron chi connectivity index (χ1n) is 10.9. The average Bonchev–Trinajstić information content (AvgIpc) is 3.00. The van der Waals surface area contributed by atoms with Crippen LogP contribution in [0.25, 0.3) is 11.1 Å². The molecule has 2 fully saturated rings. The lowest BCUT2D eigenvalue weighted by molar-refractivity contribution is -0.141. The normalized spacial score (nSPS) is 19.9. The van der Waals surface area contributed by atoms with Crippen molar-refractivity contribution in [2.24, 2.45) is 11.3 Å². The molecule has 2 N–H and O–H groups in total. The van der Waals surface area contributed by atoms with Crippen LogP contribution in [0.5, 0.6) is 0 Å². The molecule has 0 aromatic heterocycles. The minimum atomic E-state index is -0.988. The minimum absolute atomic E-state index is 0.0310. The summed E-state index contributed by atoms with van der Waals surface area (Å²) >= 11 is 0. The van der Waals surface area contributed by atoms with Gasteiger partial charge >= 0.3 is 12.1 Å². The molecule has 30 heavy (non-hydrogen) atoms. The lowest BCUT2D eigenvalue weighted by atomic mass is 9.51. The topological polar surface area (TPSA) is 75.6 Å². The van der Waals surface area contributed by atoms with Crippen molar-refractivity contribution in [1.29, 1.82) is 0 Å². The zero-order valence-electron chi connectivity index (χ0n) is 17.0. The molecule has 3 aliphatic carbocycles. The number of rotatable bonds is 6. The summed E-state index contributed by atoms with van der Waals surface area (Å²) < 4.78 is 5.51. The standard InChI is InChI=1S/C25H27NO4/c27-23(28)22(12-16-13-25(14-16)10-5-11-25)26-24(29)30-15-21-19-8-3-1-6-17(19)18-7-2-4-9-20(18)21/h1-4,6-9,16,21-22H,5,10-15H2,(H,26,29)(H,27,28). The number of benzene rings is 2. The van der Waals surface area contributed by atoms with E-state index in [2.05, 4.69) is 29.6 Å². The molecule has 2 aromatic carbocycles. The second-order valence-electron chi connectivity index (χ2n) is 9.22. The quantitative estimate of drug-likeness (QED) is 0.713. The zero-order valence-corrected chi connectivity index (χ0v) is 17.0. The summed E-state index contributed by atoms with van der Waals surface area (Å²) in [7, 11) is 0. The minimum Gasteiger partial charge on any atom is -0.480 e. The highest BCUT2D eigenvalue weighted by Crippen LogP contribution is 2.59. The Hall–Kier alpha value is -2.82. The number of fused-ring (bicyclic) bond motifs is 3. The first-order valence-corrected chi connectivity index (χ1v) is 10.9. The molecule has 5 rings (SSSR count). The summed E-state index contributed by atoms with van der Waals surface area (Å²) in [6.45, 7) is 0.193. The van der Waals surface area contributed by atoms with Gasteiger partial charge in [0.1, 0.15) is 12.6 Å². The zero-order chi connectivity index (χ0) is 20.7. The van der Waals surface area contributed by atoms with E-state index in [0.29, 0.717) is 17.8 Å². The fourth-order valence-corrected chi connectivity index (χ4v) is 5.75. The van der Waals surface area contributed by atoms with Crippen LogP contribution in [-0.2, 0) is 9.53 Å². The SMILES string of the molecule is O=C(NC(CC1CC2(CCC2)C1)C(=O)O)OCC1c2ccccc2-c2ccccc21. The maximum atomic E-state index is 12.4. The van der Waals surface area contributed by atoms with Crippen molar-refractivity contribution in [2.45, 2.75) is 50.5 Å². The van der Waals surface area contributed by atoms with Gasteiger partial charge in [0.15, 0.2) is 0 Å². The van der Waals surface area contributed by atoms with Gasteiger partial charge in [-0.15, -0.1) is 0 Å². The second-order valence-corrected chi connectivity index (χ2v) is 9.22. The van der Waals surface area contributed by atoms with Crippen molar-refractivity contribution in [3.63, 3.8) is 0 Å². The number of carbonyl (C=O) groups is 2. The van der Waals surface area contributed by atoms with E-state index in [1.807, 2.05) is 24.3 Å². The molecule has 1 amide bonds. The molecule has 0 heterocycles. The van der Waals surface area contributed by atoms with Crippen LogP contribution in [0.1, 0.15) is 55.6 Å². The Kier molecular flexibility index (Phi) is 4.76. The summed E-state index contributed by atoms with van der Waals surface area (Å²) in [6, 6.07) is 15.4. The van der Waals surface area contributed by atoms with Crippen LogP contribution >= 0.6 is 0 Å². The highest BCUT2D eigenvalue weighted by molar-refractivity contribution is 5.81. The van der Waals surface area contributed by atoms with Gasteiger partial charge in [-0.25, -0.2) is 9.59 Å². The molecule has 0 saturated heterocycles. The maximum Gasteiger partial charge on any atom is 0.407 e. The summed E-state index contributed by atoms with van der Waals surface area (Å²) in [5.74, 6) is -0.630. The second kappa shape index (κ2) is 7.46. The first kappa shape index (κ1) is 19.2. The molecule has 0 radical (unpaired) electrons. The van der Waals surface area contributed by atoms with Gasteiger partial charge in [0.2, 0.25) is 0 Å². The largest absolute Gasteiger partial charge is 0.480 e. The fourth-order valence-electron chi connectivity index (χ4n) is 5.75. The monoisotopic (exact) mass is 405 g/mol. The predicted molar refractivity (Wildman–Crippen MR) is 113 cm³/mol. The van der Waals surface area contributed by atoms with Crippen LogP contribution in [0.15, 0.2) is 48.5 Å². The van der Waals surface area contributed by atoms with Crippen molar-refractivity contribution in [1.82, 2.24) is 5.32 Å². The van der Waals surface area contributed by atoms with Gasteiger partial charge in [-0.3, -0.25) is 0 Å².